The molecule has 2 rings (SSSR count). The molecule has 2 aliphatic heterocycles. The van der Waals surface area contributed by atoms with Gasteiger partial charge in [-0.2, -0.15) is 0 Å². The Bertz CT molecular complexity index is 490. The van der Waals surface area contributed by atoms with Gasteiger partial charge in [0.2, 0.25) is 0 Å². The molecule has 2 saturated heterocycles. The molecule has 0 aliphatic carbocycles. The average Bonchev–Trinajstić information content (AvgIpc) is 2.53. The summed E-state index contributed by atoms with van der Waals surface area (Å²) in [5, 5.41) is 38.1. The van der Waals surface area contributed by atoms with E-state index >= 15 is 0 Å². The van der Waals surface area contributed by atoms with Gasteiger partial charge in [0.15, 0.2) is 0 Å². The molecular weight excluding hydrogens is 372 g/mol. The third kappa shape index (κ3) is 5.91. The second-order valence-corrected chi connectivity index (χ2v) is 12.0. The predicted octanol–water partition coefficient (Wildman–Crippen LogP) is 3.50. The highest BCUT2D eigenvalue weighted by molar-refractivity contribution is 4.98. The summed E-state index contributed by atoms with van der Waals surface area (Å²) in [6, 6.07) is 0. The summed E-state index contributed by atoms with van der Waals surface area (Å²) in [6.45, 7) is 17.5. The smallest absolute Gasteiger partial charge is 0.108 e. The predicted molar refractivity (Wildman–Crippen MR) is 110 cm³/mol. The van der Waals surface area contributed by atoms with Gasteiger partial charge >= 0.3 is 0 Å². The van der Waals surface area contributed by atoms with E-state index in [-0.39, 0.29) is 25.4 Å². The first-order chi connectivity index (χ1) is 12.9. The number of nitrogens with zero attached hydrogens (tertiary/aromatic N) is 2. The Labute approximate surface area is 176 Å². The van der Waals surface area contributed by atoms with Crippen molar-refractivity contribution in [2.24, 2.45) is 0 Å². The van der Waals surface area contributed by atoms with Crippen LogP contribution in [0.1, 0.15) is 88.0 Å². The SMILES string of the molecule is CC(O)(COC1CC(C)(C)N([O])C(C)(C)C1)COC1CC(C)(C)N([O])C(C)(C)C1. The fraction of sp³-hybridized carbons (Fsp3) is 1.00. The van der Waals surface area contributed by atoms with Crippen molar-refractivity contribution in [3.8, 4) is 0 Å². The number of piperidine rings is 2. The molecule has 0 bridgehead atoms. The Balaban J connectivity index is 1.89. The van der Waals surface area contributed by atoms with E-state index in [9.17, 15) is 15.5 Å². The first-order valence-corrected chi connectivity index (χ1v) is 10.8. The molecule has 0 unspecified atom stereocenters. The van der Waals surface area contributed by atoms with Crippen LogP contribution in [0.2, 0.25) is 0 Å². The highest BCUT2D eigenvalue weighted by atomic mass is 16.5. The number of rotatable bonds is 6. The van der Waals surface area contributed by atoms with Gasteiger partial charge in [0.1, 0.15) is 5.60 Å². The second kappa shape index (κ2) is 8.01. The van der Waals surface area contributed by atoms with Crippen LogP contribution in [-0.2, 0) is 19.9 Å². The van der Waals surface area contributed by atoms with Gasteiger partial charge in [0.05, 0.1) is 25.4 Å². The quantitative estimate of drug-likeness (QED) is 0.719. The van der Waals surface area contributed by atoms with Gasteiger partial charge in [0.25, 0.3) is 0 Å². The lowest BCUT2D eigenvalue weighted by molar-refractivity contribution is -0.306. The zero-order chi connectivity index (χ0) is 22.5. The molecule has 29 heavy (non-hydrogen) atoms. The lowest BCUT2D eigenvalue weighted by Gasteiger charge is -2.50. The second-order valence-electron chi connectivity index (χ2n) is 12.0. The minimum Gasteiger partial charge on any atom is -0.385 e. The van der Waals surface area contributed by atoms with Crippen molar-refractivity contribution in [1.29, 1.82) is 0 Å². The summed E-state index contributed by atoms with van der Waals surface area (Å²) < 4.78 is 12.1. The molecule has 2 radical (unpaired) electrons. The van der Waals surface area contributed by atoms with Gasteiger partial charge < -0.3 is 14.6 Å². The third-order valence-corrected chi connectivity index (χ3v) is 6.37. The van der Waals surface area contributed by atoms with Crippen LogP contribution in [0.25, 0.3) is 0 Å². The molecule has 0 aromatic carbocycles. The molecule has 2 fully saturated rings. The summed E-state index contributed by atoms with van der Waals surface area (Å²) in [7, 11) is 0. The van der Waals surface area contributed by atoms with Crippen molar-refractivity contribution in [2.75, 3.05) is 13.2 Å². The molecular formula is C22H42N2O5. The van der Waals surface area contributed by atoms with Crippen molar-refractivity contribution < 1.29 is 25.0 Å². The van der Waals surface area contributed by atoms with Gasteiger partial charge in [-0.1, -0.05) is 0 Å². The van der Waals surface area contributed by atoms with E-state index < -0.39 is 27.8 Å². The Hall–Kier alpha value is -0.280. The third-order valence-electron chi connectivity index (χ3n) is 6.37. The van der Waals surface area contributed by atoms with E-state index in [1.165, 1.54) is 10.1 Å². The monoisotopic (exact) mass is 414 g/mol. The molecule has 0 amide bonds. The standard InChI is InChI=1S/C22H42N2O5/c1-18(2)10-16(11-19(3,4)23(18)26)28-14-22(9,25)15-29-17-12-20(5,6)24(27)21(7,8)13-17/h16-17,25H,10-15H2,1-9H3. The molecule has 7 nitrogen and oxygen atoms in total. The van der Waals surface area contributed by atoms with E-state index in [0.29, 0.717) is 25.7 Å². The average molecular weight is 415 g/mol. The highest BCUT2D eigenvalue weighted by Crippen LogP contribution is 2.40. The van der Waals surface area contributed by atoms with E-state index in [1.807, 2.05) is 55.4 Å². The Morgan fingerprint density at radius 1 is 0.724 bits per heavy atom. The van der Waals surface area contributed by atoms with Crippen LogP contribution in [0.5, 0.6) is 0 Å². The van der Waals surface area contributed by atoms with Crippen LogP contribution < -0.4 is 0 Å². The van der Waals surface area contributed by atoms with E-state index in [1.54, 1.807) is 6.92 Å². The van der Waals surface area contributed by atoms with Gasteiger partial charge in [-0.25, -0.2) is 0 Å². The van der Waals surface area contributed by atoms with Crippen molar-refractivity contribution in [2.45, 2.75) is 128 Å². The topological polar surface area (TPSA) is 85.0 Å². The molecule has 7 heteroatoms. The van der Waals surface area contributed by atoms with Gasteiger partial charge in [-0.15, -0.1) is 20.5 Å². The molecule has 0 aromatic heterocycles. The molecule has 2 aliphatic rings. The van der Waals surface area contributed by atoms with Gasteiger partial charge in [-0.3, -0.25) is 0 Å². The van der Waals surface area contributed by atoms with Crippen LogP contribution in [0.3, 0.4) is 0 Å². The Morgan fingerprint density at radius 2 is 0.966 bits per heavy atom. The first-order valence-electron chi connectivity index (χ1n) is 10.8. The minimum atomic E-state index is -1.13. The fourth-order valence-corrected chi connectivity index (χ4v) is 5.22. The van der Waals surface area contributed by atoms with Crippen LogP contribution >= 0.6 is 0 Å². The zero-order valence-electron chi connectivity index (χ0n) is 19.9. The Morgan fingerprint density at radius 3 is 1.21 bits per heavy atom. The zero-order valence-corrected chi connectivity index (χ0v) is 19.9. The fourth-order valence-electron chi connectivity index (χ4n) is 5.22. The minimum absolute atomic E-state index is 0.0850. The molecule has 0 aromatic rings. The molecule has 2 heterocycles. The lowest BCUT2D eigenvalue weighted by atomic mass is 9.80. The number of ether oxygens (including phenoxy) is 2. The van der Waals surface area contributed by atoms with Crippen LogP contribution in [-0.4, -0.2) is 68.4 Å². The summed E-state index contributed by atoms with van der Waals surface area (Å²) in [5.41, 5.74) is -3.14. The highest BCUT2D eigenvalue weighted by Gasteiger charge is 2.48. The summed E-state index contributed by atoms with van der Waals surface area (Å²) in [6.07, 6.45) is 2.33. The molecule has 1 N–H and O–H groups in total. The van der Waals surface area contributed by atoms with Crippen molar-refractivity contribution in [3.63, 3.8) is 0 Å². The summed E-state index contributed by atoms with van der Waals surface area (Å²) in [5.74, 6) is 0. The van der Waals surface area contributed by atoms with Gasteiger partial charge in [-0.05, 0) is 88.0 Å². The Kier molecular flexibility index (Phi) is 6.90. The maximum atomic E-state index is 12.5. The maximum Gasteiger partial charge on any atom is 0.108 e. The first kappa shape index (κ1) is 25.0. The summed E-state index contributed by atoms with van der Waals surface area (Å²) in [4.78, 5) is 0. The molecule has 0 saturated carbocycles. The number of aliphatic hydroxyl groups is 1. The number of hydrogen-bond donors (Lipinski definition) is 1. The van der Waals surface area contributed by atoms with E-state index in [0.717, 1.165) is 0 Å². The van der Waals surface area contributed by atoms with E-state index in [2.05, 4.69) is 0 Å². The number of hydroxylamine groups is 4. The number of hydrogen-bond acceptors (Lipinski definition) is 5. The molecule has 0 spiro atoms. The van der Waals surface area contributed by atoms with Crippen molar-refractivity contribution in [3.05, 3.63) is 0 Å². The molecule has 0 atom stereocenters. The van der Waals surface area contributed by atoms with Crippen molar-refractivity contribution in [1.82, 2.24) is 10.1 Å². The largest absolute Gasteiger partial charge is 0.385 e. The van der Waals surface area contributed by atoms with Gasteiger partial charge in [0, 0.05) is 22.2 Å². The van der Waals surface area contributed by atoms with E-state index in [4.69, 9.17) is 9.47 Å². The lowest BCUT2D eigenvalue weighted by Crippen LogP contribution is -2.60. The van der Waals surface area contributed by atoms with Crippen LogP contribution in [0, 0.1) is 0 Å². The summed E-state index contributed by atoms with van der Waals surface area (Å²) >= 11 is 0. The van der Waals surface area contributed by atoms with Crippen LogP contribution in [0.15, 0.2) is 0 Å². The maximum absolute atomic E-state index is 12.5. The van der Waals surface area contributed by atoms with Crippen molar-refractivity contribution >= 4 is 0 Å². The molecule has 170 valence electrons. The normalized spacial score (nSPS) is 28.6. The van der Waals surface area contributed by atoms with Crippen LogP contribution in [0.4, 0.5) is 0 Å².